The minimum absolute atomic E-state index is 0.185. The van der Waals surface area contributed by atoms with Crippen molar-refractivity contribution in [3.05, 3.63) is 29.5 Å². The molecule has 21 heavy (non-hydrogen) atoms. The Kier molecular flexibility index (Phi) is 5.63. The van der Waals surface area contributed by atoms with Crippen molar-refractivity contribution < 1.29 is 13.9 Å². The van der Waals surface area contributed by atoms with E-state index in [0.29, 0.717) is 34.6 Å². The maximum Gasteiger partial charge on any atom is 0.316 e. The third-order valence-corrected chi connectivity index (χ3v) is 3.81. The first kappa shape index (κ1) is 15.8. The van der Waals surface area contributed by atoms with Crippen LogP contribution in [0.5, 0.6) is 0 Å². The Bertz CT molecular complexity index is 638. The number of esters is 1. The van der Waals surface area contributed by atoms with Crippen molar-refractivity contribution in [1.82, 2.24) is 14.8 Å². The molecular weight excluding hydrogens is 358 g/mol. The highest BCUT2D eigenvalue weighted by Gasteiger charge is 2.17. The number of hydrogen-bond donors (Lipinski definition) is 0. The molecule has 0 radical (unpaired) electrons. The lowest BCUT2D eigenvalue weighted by Crippen LogP contribution is -2.08. The van der Waals surface area contributed by atoms with E-state index in [2.05, 4.69) is 32.7 Å². The van der Waals surface area contributed by atoms with Gasteiger partial charge in [0.2, 0.25) is 5.82 Å². The molecule has 2 aromatic heterocycles. The fourth-order valence-electron chi connectivity index (χ4n) is 1.63. The Morgan fingerprint density at radius 2 is 2.38 bits per heavy atom. The van der Waals surface area contributed by atoms with Crippen molar-refractivity contribution in [2.24, 2.45) is 0 Å². The fourth-order valence-corrected chi connectivity index (χ4v) is 2.68. The summed E-state index contributed by atoms with van der Waals surface area (Å²) in [4.78, 5) is 11.4. The van der Waals surface area contributed by atoms with Gasteiger partial charge in [-0.05, 0) is 35.0 Å². The van der Waals surface area contributed by atoms with Gasteiger partial charge in [0.15, 0.2) is 15.6 Å². The van der Waals surface area contributed by atoms with E-state index >= 15 is 0 Å². The summed E-state index contributed by atoms with van der Waals surface area (Å²) in [5, 5.41) is 8.83. The lowest BCUT2D eigenvalue weighted by molar-refractivity contribution is -0.139. The van der Waals surface area contributed by atoms with Crippen molar-refractivity contribution in [2.75, 3.05) is 12.4 Å². The van der Waals surface area contributed by atoms with Crippen LogP contribution in [0, 0.1) is 0 Å². The van der Waals surface area contributed by atoms with Crippen molar-refractivity contribution in [3.8, 4) is 11.6 Å². The van der Waals surface area contributed by atoms with Crippen molar-refractivity contribution >= 4 is 33.7 Å². The Morgan fingerprint density at radius 3 is 3.00 bits per heavy atom. The highest BCUT2D eigenvalue weighted by atomic mass is 79.9. The van der Waals surface area contributed by atoms with E-state index in [0.717, 1.165) is 0 Å². The number of thioether (sulfide) groups is 1. The number of hydrogen-bond acceptors (Lipinski definition) is 6. The molecule has 6 nitrogen and oxygen atoms in total. The quantitative estimate of drug-likeness (QED) is 0.423. The Balaban J connectivity index is 2.20. The average molecular weight is 372 g/mol. The van der Waals surface area contributed by atoms with Gasteiger partial charge in [-0.15, -0.1) is 16.8 Å². The van der Waals surface area contributed by atoms with Crippen molar-refractivity contribution in [3.63, 3.8) is 0 Å². The van der Waals surface area contributed by atoms with Gasteiger partial charge in [0.05, 0.1) is 12.4 Å². The van der Waals surface area contributed by atoms with Gasteiger partial charge >= 0.3 is 5.97 Å². The summed E-state index contributed by atoms with van der Waals surface area (Å²) in [6, 6.07) is 3.58. The number of carbonyl (C=O) groups excluding carboxylic acids is 1. The molecule has 2 rings (SSSR count). The van der Waals surface area contributed by atoms with Gasteiger partial charge in [0.1, 0.15) is 0 Å². The largest absolute Gasteiger partial charge is 0.465 e. The molecule has 0 bridgehead atoms. The lowest BCUT2D eigenvalue weighted by atomic mass is 10.4. The molecule has 2 aromatic rings. The zero-order valence-electron chi connectivity index (χ0n) is 11.4. The third-order valence-electron chi connectivity index (χ3n) is 2.45. The highest BCUT2D eigenvalue weighted by molar-refractivity contribution is 9.10. The first-order valence-corrected chi connectivity index (χ1v) is 8.01. The summed E-state index contributed by atoms with van der Waals surface area (Å²) in [6.07, 6.45) is 1.74. The van der Waals surface area contributed by atoms with Crippen LogP contribution in [0.2, 0.25) is 0 Å². The summed E-state index contributed by atoms with van der Waals surface area (Å²) in [5.74, 6) is 1.09. The van der Waals surface area contributed by atoms with E-state index < -0.39 is 0 Å². The molecule has 0 saturated carbocycles. The minimum Gasteiger partial charge on any atom is -0.465 e. The fraction of sp³-hybridized carbons (Fsp3) is 0.308. The molecule has 2 heterocycles. The van der Waals surface area contributed by atoms with Gasteiger partial charge in [0, 0.05) is 6.54 Å². The molecule has 0 amide bonds. The van der Waals surface area contributed by atoms with Gasteiger partial charge in [-0.1, -0.05) is 17.8 Å². The van der Waals surface area contributed by atoms with E-state index in [-0.39, 0.29) is 11.7 Å². The number of furan rings is 1. The van der Waals surface area contributed by atoms with E-state index in [9.17, 15) is 4.79 Å². The average Bonchev–Trinajstić information content (AvgIpc) is 3.04. The third kappa shape index (κ3) is 3.98. The van der Waals surface area contributed by atoms with Crippen LogP contribution in [0.1, 0.15) is 6.92 Å². The molecule has 0 spiro atoms. The number of halogens is 1. The second-order valence-electron chi connectivity index (χ2n) is 3.90. The number of ether oxygens (including phenoxy) is 1. The minimum atomic E-state index is -0.280. The van der Waals surface area contributed by atoms with Crippen molar-refractivity contribution in [2.45, 2.75) is 18.6 Å². The molecule has 0 aliphatic heterocycles. The zero-order chi connectivity index (χ0) is 15.2. The maximum absolute atomic E-state index is 11.4. The molecule has 8 heteroatoms. The van der Waals surface area contributed by atoms with Crippen LogP contribution in [0.25, 0.3) is 11.6 Å². The topological polar surface area (TPSA) is 70.2 Å². The number of aromatic nitrogens is 3. The number of rotatable bonds is 7. The molecule has 0 N–H and O–H groups in total. The predicted octanol–water partition coefficient (Wildman–Crippen LogP) is 3.14. The second kappa shape index (κ2) is 7.46. The molecule has 0 aliphatic rings. The summed E-state index contributed by atoms with van der Waals surface area (Å²) in [6.45, 7) is 6.38. The van der Waals surface area contributed by atoms with E-state index in [4.69, 9.17) is 9.15 Å². The van der Waals surface area contributed by atoms with Crippen LogP contribution < -0.4 is 0 Å². The summed E-state index contributed by atoms with van der Waals surface area (Å²) in [7, 11) is 0. The molecule has 0 atom stereocenters. The zero-order valence-corrected chi connectivity index (χ0v) is 13.8. The van der Waals surface area contributed by atoms with Gasteiger partial charge < -0.3 is 9.15 Å². The van der Waals surface area contributed by atoms with Gasteiger partial charge in [-0.2, -0.15) is 0 Å². The number of allylic oxidation sites excluding steroid dienone is 1. The van der Waals surface area contributed by atoms with Crippen LogP contribution in [0.4, 0.5) is 0 Å². The number of carbonyl (C=O) groups is 1. The first-order valence-electron chi connectivity index (χ1n) is 6.24. The maximum atomic E-state index is 11.4. The predicted molar refractivity (Wildman–Crippen MR) is 83.0 cm³/mol. The van der Waals surface area contributed by atoms with Crippen LogP contribution >= 0.6 is 27.7 Å². The Hall–Kier alpha value is -1.54. The second-order valence-corrected chi connectivity index (χ2v) is 5.63. The molecule has 0 fully saturated rings. The van der Waals surface area contributed by atoms with Crippen LogP contribution in [-0.2, 0) is 16.1 Å². The normalized spacial score (nSPS) is 10.6. The highest BCUT2D eigenvalue weighted by Crippen LogP contribution is 2.27. The van der Waals surface area contributed by atoms with Gasteiger partial charge in [0.25, 0.3) is 0 Å². The molecule has 0 unspecified atom stereocenters. The van der Waals surface area contributed by atoms with Gasteiger partial charge in [-0.3, -0.25) is 9.36 Å². The summed E-state index contributed by atoms with van der Waals surface area (Å²) >= 11 is 4.53. The molecular formula is C13H14BrN3O3S. The Labute approximate surface area is 134 Å². The Morgan fingerprint density at radius 1 is 1.57 bits per heavy atom. The lowest BCUT2D eigenvalue weighted by Gasteiger charge is -2.05. The van der Waals surface area contributed by atoms with E-state index in [1.165, 1.54) is 11.8 Å². The van der Waals surface area contributed by atoms with E-state index in [1.807, 2.05) is 4.57 Å². The van der Waals surface area contributed by atoms with Gasteiger partial charge in [-0.25, -0.2) is 0 Å². The molecule has 0 aliphatic carbocycles. The molecule has 0 aromatic carbocycles. The molecule has 0 saturated heterocycles. The summed E-state index contributed by atoms with van der Waals surface area (Å²) < 4.78 is 12.8. The SMILES string of the molecule is C=CCn1c(SCC(=O)OCC)nnc1-c1ccc(Br)o1. The standard InChI is InChI=1S/C13H14BrN3O3S/c1-3-7-17-12(9-5-6-10(14)20-9)15-16-13(17)21-8-11(18)19-4-2/h3,5-6H,1,4,7-8H2,2H3. The van der Waals surface area contributed by atoms with E-state index in [1.54, 1.807) is 25.1 Å². The first-order chi connectivity index (χ1) is 10.2. The van der Waals surface area contributed by atoms with Crippen LogP contribution in [-0.4, -0.2) is 33.1 Å². The van der Waals surface area contributed by atoms with Crippen LogP contribution in [0.15, 0.2) is 39.0 Å². The number of nitrogens with zero attached hydrogens (tertiary/aromatic N) is 3. The molecule has 112 valence electrons. The smallest absolute Gasteiger partial charge is 0.316 e. The summed E-state index contributed by atoms with van der Waals surface area (Å²) in [5.41, 5.74) is 0. The monoisotopic (exact) mass is 371 g/mol. The van der Waals surface area contributed by atoms with Crippen LogP contribution in [0.3, 0.4) is 0 Å². The van der Waals surface area contributed by atoms with Crippen molar-refractivity contribution in [1.29, 1.82) is 0 Å².